The van der Waals surface area contributed by atoms with E-state index in [1.54, 1.807) is 24.3 Å². The smallest absolute Gasteiger partial charge is 0.224 e. The van der Waals surface area contributed by atoms with Gasteiger partial charge in [0.05, 0.1) is 11.4 Å². The zero-order valence-corrected chi connectivity index (χ0v) is 53.0. The van der Waals surface area contributed by atoms with Gasteiger partial charge in [-0.3, -0.25) is 24.0 Å². The molecule has 12 heteroatoms. The van der Waals surface area contributed by atoms with Crippen LogP contribution in [-0.4, -0.2) is 48.2 Å². The summed E-state index contributed by atoms with van der Waals surface area (Å²) in [5.41, 5.74) is 5.12. The van der Waals surface area contributed by atoms with Crippen LogP contribution in [0.4, 0.5) is 34.1 Å². The Morgan fingerprint density at radius 2 is 0.891 bits per heavy atom. The number of allylic oxidation sites excluding steroid dienone is 5. The van der Waals surface area contributed by atoms with Crippen LogP contribution in [0.2, 0.25) is 0 Å². The first-order valence-corrected chi connectivity index (χ1v) is 32.7. The van der Waals surface area contributed by atoms with Crippen LogP contribution >= 0.6 is 0 Å². The van der Waals surface area contributed by atoms with Crippen molar-refractivity contribution in [3.63, 3.8) is 0 Å². The molecule has 2 aliphatic carbocycles. The van der Waals surface area contributed by atoms with Gasteiger partial charge < -0.3 is 31.3 Å². The van der Waals surface area contributed by atoms with Crippen LogP contribution in [0, 0.1) is 11.8 Å². The molecule has 2 aliphatic rings. The Labute approximate surface area is 539 Å². The highest BCUT2D eigenvalue weighted by Crippen LogP contribution is 2.45. The van der Waals surface area contributed by atoms with E-state index in [9.17, 15) is 19.2 Å². The van der Waals surface area contributed by atoms with Crippen LogP contribution in [0.25, 0.3) is 48.7 Å². The van der Waals surface area contributed by atoms with Gasteiger partial charge >= 0.3 is 0 Å². The molecule has 0 saturated heterocycles. The lowest BCUT2D eigenvalue weighted by atomic mass is 9.78. The molecule has 92 heavy (non-hydrogen) atoms. The number of fused-ring (bicyclic) bond motifs is 4. The molecular weight excluding hydrogens is 1140 g/mol. The number of carbonyl (C=O) groups excluding carboxylic acids is 5. The molecule has 11 rings (SSSR count). The van der Waals surface area contributed by atoms with Crippen LogP contribution in [-0.2, 0) is 24.0 Å². The molecular formula is C80H80N6O6. The van der Waals surface area contributed by atoms with Crippen LogP contribution in [0.3, 0.4) is 0 Å². The number of unbranched alkanes of at least 4 members (excludes halogenated alkanes) is 2. The third kappa shape index (κ3) is 14.7. The number of rotatable bonds is 26. The summed E-state index contributed by atoms with van der Waals surface area (Å²) in [5, 5.41) is 35.8. The number of hydrogen-bond donors (Lipinski definition) is 4. The topological polar surface area (TPSA) is 163 Å². The van der Waals surface area contributed by atoms with Gasteiger partial charge in [-0.05, 0) is 122 Å². The zero-order valence-electron chi connectivity index (χ0n) is 53.0. The van der Waals surface area contributed by atoms with E-state index in [4.69, 9.17) is 0 Å². The van der Waals surface area contributed by atoms with Crippen molar-refractivity contribution < 1.29 is 29.1 Å². The van der Waals surface area contributed by atoms with E-state index in [1.807, 2.05) is 84.9 Å². The summed E-state index contributed by atoms with van der Waals surface area (Å²) in [6.07, 6.45) is 13.0. The van der Waals surface area contributed by atoms with Gasteiger partial charge in [-0.2, -0.15) is 4.58 Å². The first-order valence-electron chi connectivity index (χ1n) is 32.7. The maximum Gasteiger partial charge on any atom is 0.224 e. The molecule has 4 N–H and O–H groups in total. The Hall–Kier alpha value is -10.2. The second-order valence-corrected chi connectivity index (χ2v) is 24.2. The molecule has 2 unspecified atom stereocenters. The van der Waals surface area contributed by atoms with E-state index >= 15 is 9.90 Å². The quantitative estimate of drug-likeness (QED) is 0.0310. The Balaban J connectivity index is 1.00. The molecule has 0 bridgehead atoms. The van der Waals surface area contributed by atoms with Gasteiger partial charge in [0.2, 0.25) is 40.7 Å². The number of Topliss-reactive ketones (excluding diaryl/α,β-unsaturated/α-hetero) is 1. The zero-order chi connectivity index (χ0) is 64.1. The van der Waals surface area contributed by atoms with Gasteiger partial charge in [-0.1, -0.05) is 187 Å². The summed E-state index contributed by atoms with van der Waals surface area (Å²) in [4.78, 5) is 72.7. The molecule has 0 radical (unpaired) electrons. The number of ketones is 1. The highest BCUT2D eigenvalue weighted by Gasteiger charge is 2.36. The fourth-order valence-corrected chi connectivity index (χ4v) is 12.5. The number of nitrogens with one attached hydrogen (secondary N) is 4. The maximum absolute atomic E-state index is 15.3. The third-order valence-corrected chi connectivity index (χ3v) is 17.9. The van der Waals surface area contributed by atoms with Gasteiger partial charge in [0.25, 0.3) is 0 Å². The van der Waals surface area contributed by atoms with Crippen molar-refractivity contribution in [2.75, 3.05) is 23.3 Å². The van der Waals surface area contributed by atoms with Crippen molar-refractivity contribution in [1.29, 1.82) is 0 Å². The molecule has 12 nitrogen and oxygen atoms in total. The van der Waals surface area contributed by atoms with Crippen LogP contribution in [0.5, 0.6) is 0 Å². The summed E-state index contributed by atoms with van der Waals surface area (Å²) in [5.74, 6) is -1.90. The highest BCUT2D eigenvalue weighted by molar-refractivity contribution is 6.40. The van der Waals surface area contributed by atoms with Gasteiger partial charge in [0, 0.05) is 115 Å². The van der Waals surface area contributed by atoms with E-state index in [1.165, 1.54) is 0 Å². The fourth-order valence-electron chi connectivity index (χ4n) is 12.5. The number of amides is 4. The fraction of sp³-hybridized carbons (Fsp3) is 0.250. The minimum absolute atomic E-state index is 0.0651. The summed E-state index contributed by atoms with van der Waals surface area (Å²) in [6.45, 7) is 9.59. The average molecular weight is 1220 g/mol. The monoisotopic (exact) mass is 1220 g/mol. The number of nitrogens with zero attached hydrogens (tertiary/aromatic N) is 2. The highest BCUT2D eigenvalue weighted by atomic mass is 16.3. The minimum Gasteiger partial charge on any atom is -0.871 e. The van der Waals surface area contributed by atoms with Crippen LogP contribution in [0.1, 0.15) is 110 Å². The predicted molar refractivity (Wildman–Crippen MR) is 375 cm³/mol. The molecule has 9 aromatic rings. The SMILES string of the molecule is CCCCC(CC)CNC(=O)CCC(=O)NC1=CC(=[N+](c2ccc3ccccc3c2)c2ccc3ccccc3c2)C=C/C1=C1\C(=O)C(c2ccc(N(c3ccc4ccccc4c3)c3ccc4ccccc4c3)cc2NC(=O)CCC(=O)NCC(CC)CCCC)=C1[O-]. The van der Waals surface area contributed by atoms with Crippen LogP contribution in [0.15, 0.2) is 229 Å². The van der Waals surface area contributed by atoms with Crippen molar-refractivity contribution >= 4 is 118 Å². The molecule has 0 aromatic heterocycles. The summed E-state index contributed by atoms with van der Waals surface area (Å²) >= 11 is 0. The number of hydrogen-bond acceptors (Lipinski definition) is 7. The van der Waals surface area contributed by atoms with Crippen molar-refractivity contribution in [3.05, 3.63) is 234 Å². The summed E-state index contributed by atoms with van der Waals surface area (Å²) in [6, 6.07) is 62.6. The summed E-state index contributed by atoms with van der Waals surface area (Å²) < 4.78 is 2.08. The second-order valence-electron chi connectivity index (χ2n) is 24.2. The number of carbonyl (C=O) groups is 5. The number of benzene rings is 9. The summed E-state index contributed by atoms with van der Waals surface area (Å²) in [7, 11) is 0. The molecule has 4 amide bonds. The lowest BCUT2D eigenvalue weighted by Crippen LogP contribution is -2.35. The molecule has 0 heterocycles. The molecule has 466 valence electrons. The normalized spacial score (nSPS) is 14.5. The van der Waals surface area contributed by atoms with Crippen molar-refractivity contribution in [2.24, 2.45) is 11.8 Å². The van der Waals surface area contributed by atoms with E-state index in [-0.39, 0.29) is 71.2 Å². The average Bonchev–Trinajstić information content (AvgIpc) is 0.745. The van der Waals surface area contributed by atoms with E-state index in [0.717, 1.165) is 117 Å². The van der Waals surface area contributed by atoms with Gasteiger partial charge in [0.1, 0.15) is 0 Å². The van der Waals surface area contributed by atoms with E-state index in [0.29, 0.717) is 36.3 Å². The van der Waals surface area contributed by atoms with E-state index < -0.39 is 23.4 Å². The third-order valence-electron chi connectivity index (χ3n) is 17.9. The lowest BCUT2D eigenvalue weighted by molar-refractivity contribution is -0.297. The van der Waals surface area contributed by atoms with Crippen LogP contribution < -0.4 is 35.8 Å². The predicted octanol–water partition coefficient (Wildman–Crippen LogP) is 16.4. The van der Waals surface area contributed by atoms with Gasteiger partial charge in [-0.25, -0.2) is 0 Å². The largest absolute Gasteiger partial charge is 0.871 e. The minimum atomic E-state index is -0.579. The maximum atomic E-state index is 15.3. The first kappa shape index (κ1) is 63.4. The van der Waals surface area contributed by atoms with Gasteiger partial charge in [-0.15, -0.1) is 0 Å². The number of anilines is 4. The molecule has 0 spiro atoms. The standard InChI is InChI=1S/C80H80N6O6/c1-5-9-19-53(7-3)51-81-73(87)41-43-75(89)83-71-49-67(85(63-33-29-55-21-11-15-25-59(55)45-63)64-34-30-56-22-12-16-26-60(56)46-64)37-39-69(71)77-79(91)78(80(77)92)70-40-38-68(50-72(70)84-76(90)44-42-74(88)82-52-54(8-4)20-10-6-2)86(65-35-31-57-23-13-17-27-61(57)47-65)66-36-32-58-24-14-18-28-62(58)48-66/h11-18,21-40,45-50,53-54H,5-10,19-20,41-44,51-52H2,1-4H3,(H4,81,82,83,84,87,88,89,90,91,92). The van der Waals surface area contributed by atoms with Crippen molar-refractivity contribution in [3.8, 4) is 0 Å². The molecule has 0 saturated carbocycles. The molecule has 0 aliphatic heterocycles. The Morgan fingerprint density at radius 3 is 1.36 bits per heavy atom. The molecule has 0 fully saturated rings. The molecule has 2 atom stereocenters. The van der Waals surface area contributed by atoms with Crippen molar-refractivity contribution in [2.45, 2.75) is 105 Å². The van der Waals surface area contributed by atoms with E-state index in [2.05, 4.69) is 155 Å². The first-order chi connectivity index (χ1) is 44.9. The Bertz CT molecular complexity index is 4300. The Morgan fingerprint density at radius 1 is 0.467 bits per heavy atom. The Kier molecular flexibility index (Phi) is 20.4. The van der Waals surface area contributed by atoms with Crippen molar-refractivity contribution in [1.82, 2.24) is 20.5 Å². The lowest BCUT2D eigenvalue weighted by Gasteiger charge is -2.35. The molecule has 9 aromatic carbocycles. The van der Waals surface area contributed by atoms with Gasteiger partial charge in [0.15, 0.2) is 5.78 Å². The second kappa shape index (κ2) is 29.6.